The predicted octanol–water partition coefficient (Wildman–Crippen LogP) is 3.97. The lowest BCUT2D eigenvalue weighted by Gasteiger charge is -2.19. The maximum Gasteiger partial charge on any atom is 0.263 e. The van der Waals surface area contributed by atoms with Gasteiger partial charge in [0.05, 0.1) is 10.6 Å². The molecule has 170 valence electrons. The van der Waals surface area contributed by atoms with Crippen molar-refractivity contribution in [3.63, 3.8) is 0 Å². The van der Waals surface area contributed by atoms with Crippen LogP contribution < -0.4 is 10.9 Å². The van der Waals surface area contributed by atoms with Crippen molar-refractivity contribution in [2.75, 3.05) is 13.1 Å². The molecule has 4 rings (SSSR count). The van der Waals surface area contributed by atoms with Crippen molar-refractivity contribution >= 4 is 39.2 Å². The van der Waals surface area contributed by atoms with Crippen LogP contribution in [0.5, 0.6) is 0 Å². The van der Waals surface area contributed by atoms with Gasteiger partial charge >= 0.3 is 0 Å². The van der Waals surface area contributed by atoms with Crippen LogP contribution in [0.15, 0.2) is 40.3 Å². The van der Waals surface area contributed by atoms with Gasteiger partial charge in [-0.3, -0.25) is 19.1 Å². The number of aryl methyl sites for hydroxylation is 2. The molecule has 1 amide bonds. The van der Waals surface area contributed by atoms with Crippen molar-refractivity contribution in [2.24, 2.45) is 0 Å². The quantitative estimate of drug-likeness (QED) is 0.418. The lowest BCUT2D eigenvalue weighted by Crippen LogP contribution is -2.41. The molecule has 0 bridgehead atoms. The smallest absolute Gasteiger partial charge is 0.263 e. The van der Waals surface area contributed by atoms with Crippen molar-refractivity contribution in [3.8, 4) is 0 Å². The molecule has 2 atom stereocenters. The van der Waals surface area contributed by atoms with Gasteiger partial charge in [0.2, 0.25) is 5.91 Å². The first-order valence-corrected chi connectivity index (χ1v) is 12.8. The number of thiophene rings is 1. The van der Waals surface area contributed by atoms with Crippen molar-refractivity contribution in [1.82, 2.24) is 19.8 Å². The van der Waals surface area contributed by atoms with E-state index < -0.39 is 0 Å². The molecular formula is C24H30N4O2S2. The monoisotopic (exact) mass is 470 g/mol. The van der Waals surface area contributed by atoms with Crippen LogP contribution in [-0.4, -0.2) is 44.7 Å². The summed E-state index contributed by atoms with van der Waals surface area (Å²) in [5.74, 6) is -0.00268. The summed E-state index contributed by atoms with van der Waals surface area (Å²) in [6, 6.07) is 10.6. The number of aromatic nitrogens is 2. The van der Waals surface area contributed by atoms with E-state index in [2.05, 4.69) is 34.5 Å². The largest absolute Gasteiger partial charge is 0.351 e. The van der Waals surface area contributed by atoms with Gasteiger partial charge in [-0.1, -0.05) is 42.1 Å². The van der Waals surface area contributed by atoms with Crippen LogP contribution in [0, 0.1) is 13.8 Å². The van der Waals surface area contributed by atoms with E-state index in [4.69, 9.17) is 4.98 Å². The van der Waals surface area contributed by atoms with Crippen LogP contribution in [0.2, 0.25) is 0 Å². The average molecular weight is 471 g/mol. The Morgan fingerprint density at radius 2 is 2.06 bits per heavy atom. The van der Waals surface area contributed by atoms with Gasteiger partial charge in [0.1, 0.15) is 4.83 Å². The second-order valence-electron chi connectivity index (χ2n) is 8.38. The zero-order valence-electron chi connectivity index (χ0n) is 19.1. The van der Waals surface area contributed by atoms with Crippen LogP contribution in [-0.2, 0) is 17.9 Å². The minimum atomic E-state index is -0.331. The molecule has 6 nitrogen and oxygen atoms in total. The van der Waals surface area contributed by atoms with Crippen molar-refractivity contribution in [3.05, 3.63) is 56.7 Å². The Kier molecular flexibility index (Phi) is 7.02. The Hall–Kier alpha value is -2.16. The fourth-order valence-electron chi connectivity index (χ4n) is 4.14. The summed E-state index contributed by atoms with van der Waals surface area (Å²) >= 11 is 2.91. The van der Waals surface area contributed by atoms with E-state index in [1.54, 1.807) is 15.9 Å². The molecule has 1 fully saturated rings. The van der Waals surface area contributed by atoms with Gasteiger partial charge in [-0.05, 0) is 45.2 Å². The Balaban J connectivity index is 1.41. The number of nitrogens with one attached hydrogen (secondary N) is 1. The SMILES string of the molecule is CCn1c(SC(C)C(=O)NC2CCN(Cc3ccccc3)C2)nc2sc(C)c(C)c2c1=O. The second kappa shape index (κ2) is 9.77. The van der Waals surface area contributed by atoms with E-state index in [0.717, 1.165) is 41.3 Å². The summed E-state index contributed by atoms with van der Waals surface area (Å²) in [4.78, 5) is 35.0. The molecule has 1 saturated heterocycles. The molecule has 1 aliphatic rings. The van der Waals surface area contributed by atoms with Gasteiger partial charge < -0.3 is 5.32 Å². The van der Waals surface area contributed by atoms with E-state index in [-0.39, 0.29) is 22.8 Å². The number of rotatable bonds is 7. The minimum absolute atomic E-state index is 0.00268. The molecule has 1 aromatic carbocycles. The number of carbonyl (C=O) groups is 1. The first-order chi connectivity index (χ1) is 15.4. The topological polar surface area (TPSA) is 67.2 Å². The van der Waals surface area contributed by atoms with E-state index in [9.17, 15) is 9.59 Å². The molecule has 2 aromatic heterocycles. The van der Waals surface area contributed by atoms with Crippen LogP contribution in [0.25, 0.3) is 10.2 Å². The van der Waals surface area contributed by atoms with Crippen molar-refractivity contribution < 1.29 is 4.79 Å². The third-order valence-corrected chi connectivity index (χ3v) is 8.28. The number of hydrogen-bond donors (Lipinski definition) is 1. The maximum absolute atomic E-state index is 13.0. The third-order valence-electron chi connectivity index (χ3n) is 6.09. The van der Waals surface area contributed by atoms with E-state index in [1.165, 1.54) is 17.3 Å². The minimum Gasteiger partial charge on any atom is -0.351 e. The Labute approximate surface area is 197 Å². The number of hydrogen-bond acceptors (Lipinski definition) is 6. The number of thioether (sulfide) groups is 1. The normalized spacial score (nSPS) is 17.7. The van der Waals surface area contributed by atoms with Crippen molar-refractivity contribution in [1.29, 1.82) is 0 Å². The second-order valence-corrected chi connectivity index (χ2v) is 10.9. The summed E-state index contributed by atoms with van der Waals surface area (Å²) in [5, 5.41) is 4.20. The number of nitrogens with zero attached hydrogens (tertiary/aromatic N) is 3. The van der Waals surface area contributed by atoms with E-state index in [1.807, 2.05) is 33.8 Å². The molecule has 8 heteroatoms. The zero-order chi connectivity index (χ0) is 22.8. The molecule has 1 N–H and O–H groups in total. The Bertz CT molecular complexity index is 1170. The van der Waals surface area contributed by atoms with Gasteiger partial charge in [-0.15, -0.1) is 11.3 Å². The molecule has 3 aromatic rings. The lowest BCUT2D eigenvalue weighted by molar-refractivity contribution is -0.120. The van der Waals surface area contributed by atoms with E-state index in [0.29, 0.717) is 17.1 Å². The van der Waals surface area contributed by atoms with Crippen LogP contribution in [0.1, 0.15) is 36.3 Å². The Morgan fingerprint density at radius 3 is 2.78 bits per heavy atom. The van der Waals surface area contributed by atoms with Crippen LogP contribution >= 0.6 is 23.1 Å². The molecular weight excluding hydrogens is 440 g/mol. The summed E-state index contributed by atoms with van der Waals surface area (Å²) in [5.41, 5.74) is 2.29. The van der Waals surface area contributed by atoms with Crippen LogP contribution in [0.3, 0.4) is 0 Å². The third kappa shape index (κ3) is 4.77. The fourth-order valence-corrected chi connectivity index (χ4v) is 6.20. The summed E-state index contributed by atoms with van der Waals surface area (Å²) < 4.78 is 1.69. The number of carbonyl (C=O) groups excluding carboxylic acids is 1. The van der Waals surface area contributed by atoms with Crippen LogP contribution in [0.4, 0.5) is 0 Å². The molecule has 0 spiro atoms. The molecule has 1 aliphatic heterocycles. The highest BCUT2D eigenvalue weighted by Gasteiger charge is 2.27. The van der Waals surface area contributed by atoms with E-state index >= 15 is 0 Å². The predicted molar refractivity (Wildman–Crippen MR) is 133 cm³/mol. The summed E-state index contributed by atoms with van der Waals surface area (Å²) in [6.07, 6.45) is 0.952. The molecule has 3 heterocycles. The lowest BCUT2D eigenvalue weighted by atomic mass is 10.2. The standard InChI is InChI=1S/C24H30N4O2S2/c1-5-28-23(30)20-15(2)16(3)31-22(20)26-24(28)32-17(4)21(29)25-19-11-12-27(14-19)13-18-9-7-6-8-10-18/h6-10,17,19H,5,11-14H2,1-4H3,(H,25,29). The number of amides is 1. The number of fused-ring (bicyclic) bond motifs is 1. The molecule has 0 saturated carbocycles. The maximum atomic E-state index is 13.0. The average Bonchev–Trinajstić information content (AvgIpc) is 3.32. The molecule has 0 radical (unpaired) electrons. The fraction of sp³-hybridized carbons (Fsp3) is 0.458. The van der Waals surface area contributed by atoms with Gasteiger partial charge in [-0.25, -0.2) is 4.98 Å². The molecule has 2 unspecified atom stereocenters. The molecule has 32 heavy (non-hydrogen) atoms. The highest BCUT2D eigenvalue weighted by atomic mass is 32.2. The first kappa shape index (κ1) is 23.0. The summed E-state index contributed by atoms with van der Waals surface area (Å²) in [7, 11) is 0. The highest BCUT2D eigenvalue weighted by Crippen LogP contribution is 2.29. The first-order valence-electron chi connectivity index (χ1n) is 11.1. The molecule has 0 aliphatic carbocycles. The Morgan fingerprint density at radius 1 is 1.31 bits per heavy atom. The van der Waals surface area contributed by atoms with Gasteiger partial charge in [0.25, 0.3) is 5.56 Å². The summed E-state index contributed by atoms with van der Waals surface area (Å²) in [6.45, 7) is 11.1. The number of benzene rings is 1. The van der Waals surface area contributed by atoms with Gasteiger partial charge in [0, 0.05) is 37.1 Å². The zero-order valence-corrected chi connectivity index (χ0v) is 20.7. The van der Waals surface area contributed by atoms with Gasteiger partial charge in [0.15, 0.2) is 5.16 Å². The number of likely N-dealkylation sites (tertiary alicyclic amines) is 1. The highest BCUT2D eigenvalue weighted by molar-refractivity contribution is 8.00. The van der Waals surface area contributed by atoms with Gasteiger partial charge in [-0.2, -0.15) is 0 Å². The van der Waals surface area contributed by atoms with Crippen molar-refractivity contribution in [2.45, 2.75) is 63.7 Å².